The molecule has 18 heavy (non-hydrogen) atoms. The molecule has 0 aliphatic carbocycles. The maximum Gasteiger partial charge on any atom is 0.267 e. The van der Waals surface area contributed by atoms with Gasteiger partial charge in [0.1, 0.15) is 11.3 Å². The van der Waals surface area contributed by atoms with Gasteiger partial charge in [-0.05, 0) is 18.6 Å². The van der Waals surface area contributed by atoms with E-state index < -0.39 is 11.5 Å². The van der Waals surface area contributed by atoms with Gasteiger partial charge in [-0.3, -0.25) is 9.59 Å². The number of nitrogens with two attached hydrogens (primary N) is 1. The number of benzene rings is 1. The molecular formula is C13H14N2O3. The van der Waals surface area contributed by atoms with E-state index in [9.17, 15) is 14.7 Å². The van der Waals surface area contributed by atoms with Gasteiger partial charge in [0.25, 0.3) is 11.5 Å². The molecule has 0 unspecified atom stereocenters. The molecule has 94 valence electrons. The van der Waals surface area contributed by atoms with Crippen LogP contribution in [-0.4, -0.2) is 15.6 Å². The van der Waals surface area contributed by atoms with Gasteiger partial charge in [0.2, 0.25) is 0 Å². The smallest absolute Gasteiger partial charge is 0.267 e. The number of amides is 1. The third-order valence-electron chi connectivity index (χ3n) is 2.84. The predicted octanol–water partition coefficient (Wildman–Crippen LogP) is 1.22. The Labute approximate surface area is 103 Å². The van der Waals surface area contributed by atoms with Gasteiger partial charge in [0.05, 0.1) is 5.52 Å². The van der Waals surface area contributed by atoms with Crippen LogP contribution in [-0.2, 0) is 6.54 Å². The zero-order chi connectivity index (χ0) is 13.3. The molecule has 1 aromatic carbocycles. The van der Waals surface area contributed by atoms with Crippen LogP contribution in [0.25, 0.3) is 10.9 Å². The van der Waals surface area contributed by atoms with E-state index in [4.69, 9.17) is 5.73 Å². The average Bonchev–Trinajstić information content (AvgIpc) is 2.34. The topological polar surface area (TPSA) is 85.3 Å². The van der Waals surface area contributed by atoms with Crippen LogP contribution in [0.15, 0.2) is 29.1 Å². The van der Waals surface area contributed by atoms with E-state index in [1.54, 1.807) is 24.3 Å². The van der Waals surface area contributed by atoms with Crippen LogP contribution in [0.2, 0.25) is 0 Å². The molecule has 3 N–H and O–H groups in total. The molecule has 1 heterocycles. The minimum atomic E-state index is -0.909. The zero-order valence-electron chi connectivity index (χ0n) is 10.0. The van der Waals surface area contributed by atoms with Crippen molar-refractivity contribution in [2.24, 2.45) is 5.73 Å². The van der Waals surface area contributed by atoms with Gasteiger partial charge in [0, 0.05) is 11.9 Å². The number of fused-ring (bicyclic) bond motifs is 1. The number of primary amides is 1. The van der Waals surface area contributed by atoms with Gasteiger partial charge in [-0.15, -0.1) is 0 Å². The minimum absolute atomic E-state index is 0.338. The molecule has 0 radical (unpaired) electrons. The average molecular weight is 246 g/mol. The van der Waals surface area contributed by atoms with Gasteiger partial charge in [-0.25, -0.2) is 0 Å². The number of aromatic hydroxyl groups is 1. The SMILES string of the molecule is CCCn1c(=O)c(C(N)=O)c(O)c2ccccc21. The molecule has 0 atom stereocenters. The number of carbonyl (C=O) groups is 1. The Hall–Kier alpha value is -2.30. The summed E-state index contributed by atoms with van der Waals surface area (Å²) in [5.41, 5.74) is 4.88. The molecule has 0 spiro atoms. The van der Waals surface area contributed by atoms with Crippen molar-refractivity contribution in [3.8, 4) is 5.75 Å². The van der Waals surface area contributed by atoms with Crippen molar-refractivity contribution in [3.63, 3.8) is 0 Å². The maximum atomic E-state index is 12.1. The van der Waals surface area contributed by atoms with Crippen molar-refractivity contribution in [1.82, 2.24) is 4.57 Å². The Morgan fingerprint density at radius 3 is 2.67 bits per heavy atom. The highest BCUT2D eigenvalue weighted by Crippen LogP contribution is 2.25. The van der Waals surface area contributed by atoms with Crippen LogP contribution < -0.4 is 11.3 Å². The van der Waals surface area contributed by atoms with Crippen molar-refractivity contribution >= 4 is 16.8 Å². The first-order valence-corrected chi connectivity index (χ1v) is 5.72. The number of pyridine rings is 1. The van der Waals surface area contributed by atoms with Crippen LogP contribution in [0, 0.1) is 0 Å². The van der Waals surface area contributed by atoms with E-state index in [1.807, 2.05) is 6.92 Å². The van der Waals surface area contributed by atoms with E-state index in [2.05, 4.69) is 0 Å². The van der Waals surface area contributed by atoms with Gasteiger partial charge < -0.3 is 15.4 Å². The van der Waals surface area contributed by atoms with Crippen molar-refractivity contribution in [2.75, 3.05) is 0 Å². The van der Waals surface area contributed by atoms with E-state index in [0.717, 1.165) is 6.42 Å². The largest absolute Gasteiger partial charge is 0.506 e. The quantitative estimate of drug-likeness (QED) is 0.853. The molecular weight excluding hydrogens is 232 g/mol. The van der Waals surface area contributed by atoms with E-state index in [1.165, 1.54) is 4.57 Å². The number of carbonyl (C=O) groups excluding carboxylic acids is 1. The number of rotatable bonds is 3. The van der Waals surface area contributed by atoms with Gasteiger partial charge in [-0.2, -0.15) is 0 Å². The highest BCUT2D eigenvalue weighted by Gasteiger charge is 2.19. The van der Waals surface area contributed by atoms with Crippen LogP contribution in [0.5, 0.6) is 5.75 Å². The standard InChI is InChI=1S/C13H14N2O3/c1-2-7-15-9-6-4-3-5-8(9)11(16)10(12(14)17)13(15)18/h3-6,16H,2,7H2,1H3,(H2,14,17). The van der Waals surface area contributed by atoms with Crippen molar-refractivity contribution in [2.45, 2.75) is 19.9 Å². The zero-order valence-corrected chi connectivity index (χ0v) is 10.0. The van der Waals surface area contributed by atoms with Crippen molar-refractivity contribution < 1.29 is 9.90 Å². The first kappa shape index (κ1) is 12.2. The monoisotopic (exact) mass is 246 g/mol. The molecule has 1 amide bonds. The van der Waals surface area contributed by atoms with Gasteiger partial charge in [-0.1, -0.05) is 19.1 Å². The molecule has 0 fully saturated rings. The second kappa shape index (κ2) is 4.52. The molecule has 5 nitrogen and oxygen atoms in total. The molecule has 5 heteroatoms. The second-order valence-electron chi connectivity index (χ2n) is 4.06. The van der Waals surface area contributed by atoms with Crippen LogP contribution in [0.3, 0.4) is 0 Å². The number of aromatic nitrogens is 1. The Bertz CT molecular complexity index is 674. The normalized spacial score (nSPS) is 10.7. The minimum Gasteiger partial charge on any atom is -0.506 e. The number of nitrogens with zero attached hydrogens (tertiary/aromatic N) is 1. The fourth-order valence-electron chi connectivity index (χ4n) is 2.06. The molecule has 1 aromatic heterocycles. The van der Waals surface area contributed by atoms with E-state index in [-0.39, 0.29) is 11.3 Å². The Balaban J connectivity index is 2.96. The third kappa shape index (κ3) is 1.73. The molecule has 0 saturated carbocycles. The summed E-state index contributed by atoms with van der Waals surface area (Å²) in [5.74, 6) is -1.25. The van der Waals surface area contributed by atoms with Crippen LogP contribution in [0.4, 0.5) is 0 Å². The summed E-state index contributed by atoms with van der Waals surface area (Å²) in [5, 5.41) is 10.4. The summed E-state index contributed by atoms with van der Waals surface area (Å²) in [6, 6.07) is 6.89. The molecule has 0 bridgehead atoms. The Kier molecular flexibility index (Phi) is 3.06. The van der Waals surface area contributed by atoms with Gasteiger partial charge >= 0.3 is 0 Å². The molecule has 0 saturated heterocycles. The molecule has 2 aromatic rings. The second-order valence-corrected chi connectivity index (χ2v) is 4.06. The Morgan fingerprint density at radius 1 is 1.39 bits per heavy atom. The van der Waals surface area contributed by atoms with Crippen LogP contribution >= 0.6 is 0 Å². The fraction of sp³-hybridized carbons (Fsp3) is 0.231. The number of hydrogen-bond acceptors (Lipinski definition) is 3. The maximum absolute atomic E-state index is 12.1. The lowest BCUT2D eigenvalue weighted by Gasteiger charge is -2.12. The third-order valence-corrected chi connectivity index (χ3v) is 2.84. The summed E-state index contributed by atoms with van der Waals surface area (Å²) >= 11 is 0. The Morgan fingerprint density at radius 2 is 2.06 bits per heavy atom. The van der Waals surface area contributed by atoms with Gasteiger partial charge in [0.15, 0.2) is 0 Å². The lowest BCUT2D eigenvalue weighted by molar-refractivity contribution is 0.0996. The summed E-state index contributed by atoms with van der Waals surface area (Å²) in [7, 11) is 0. The lowest BCUT2D eigenvalue weighted by atomic mass is 10.1. The van der Waals surface area contributed by atoms with Crippen LogP contribution in [0.1, 0.15) is 23.7 Å². The van der Waals surface area contributed by atoms with Crippen molar-refractivity contribution in [3.05, 3.63) is 40.2 Å². The highest BCUT2D eigenvalue weighted by molar-refractivity contribution is 6.01. The number of hydrogen-bond donors (Lipinski definition) is 2. The van der Waals surface area contributed by atoms with E-state index in [0.29, 0.717) is 17.4 Å². The predicted molar refractivity (Wildman–Crippen MR) is 68.7 cm³/mol. The number of aryl methyl sites for hydroxylation is 1. The first-order chi connectivity index (χ1) is 8.57. The molecule has 0 aliphatic rings. The van der Waals surface area contributed by atoms with E-state index >= 15 is 0 Å². The number of para-hydroxylation sites is 1. The summed E-state index contributed by atoms with van der Waals surface area (Å²) < 4.78 is 1.47. The summed E-state index contributed by atoms with van der Waals surface area (Å²) in [4.78, 5) is 23.4. The van der Waals surface area contributed by atoms with Crippen molar-refractivity contribution in [1.29, 1.82) is 0 Å². The highest BCUT2D eigenvalue weighted by atomic mass is 16.3. The molecule has 2 rings (SSSR count). The first-order valence-electron chi connectivity index (χ1n) is 5.72. The fourth-order valence-corrected chi connectivity index (χ4v) is 2.06. The lowest BCUT2D eigenvalue weighted by Crippen LogP contribution is -2.30. The molecule has 0 aliphatic heterocycles. The summed E-state index contributed by atoms with van der Waals surface area (Å²) in [6.45, 7) is 2.40. The summed E-state index contributed by atoms with van der Waals surface area (Å²) in [6.07, 6.45) is 0.743.